The van der Waals surface area contributed by atoms with Gasteiger partial charge in [-0.2, -0.15) is 14.7 Å². The summed E-state index contributed by atoms with van der Waals surface area (Å²) in [4.78, 5) is 10.3. The Morgan fingerprint density at radius 1 is 1.07 bits per heavy atom. The van der Waals surface area contributed by atoms with Crippen LogP contribution in [0.15, 0.2) is 59.5 Å². The summed E-state index contributed by atoms with van der Waals surface area (Å²) in [7, 11) is 0. The van der Waals surface area contributed by atoms with Crippen LogP contribution in [0.5, 0.6) is 5.75 Å². The molecule has 0 radical (unpaired) electrons. The number of nitrogen functional groups attached to an aromatic ring is 1. The van der Waals surface area contributed by atoms with E-state index in [1.165, 1.54) is 26.0 Å². The van der Waals surface area contributed by atoms with Crippen LogP contribution in [-0.4, -0.2) is 72.2 Å². The summed E-state index contributed by atoms with van der Waals surface area (Å²) >= 11 is 3.66. The fraction of sp³-hybridized carbons (Fsp3) is 0.439. The fourth-order valence-electron chi connectivity index (χ4n) is 8.34. The molecule has 4 N–H and O–H groups in total. The number of nitrogens with two attached hydrogens (primary N) is 1. The maximum absolute atomic E-state index is 16.0. The number of halogens is 4. The largest absolute Gasteiger partial charge is 0.493 e. The lowest BCUT2D eigenvalue weighted by molar-refractivity contribution is 0.0642. The number of fused-ring (bicyclic) bond motifs is 4. The Hall–Kier alpha value is -4.40. The molecule has 0 aliphatic carbocycles. The lowest BCUT2D eigenvalue weighted by Crippen LogP contribution is -2.48. The monoisotopic (exact) mass is 817 g/mol. The van der Waals surface area contributed by atoms with E-state index < -0.39 is 23.3 Å². The average molecular weight is 819 g/mol. The number of aryl methyl sites for hydroxylation is 1. The second-order valence-corrected chi connectivity index (χ2v) is 16.4. The zero-order valence-electron chi connectivity index (χ0n) is 31.4. The summed E-state index contributed by atoms with van der Waals surface area (Å²) in [6, 6.07) is 9.39. The number of benzene rings is 2. The summed E-state index contributed by atoms with van der Waals surface area (Å²) in [5.41, 5.74) is 10.9. The number of ether oxygens (including phenoxy) is 1. The van der Waals surface area contributed by atoms with Crippen LogP contribution in [0.4, 0.5) is 19.0 Å². The van der Waals surface area contributed by atoms with Gasteiger partial charge in [0.15, 0.2) is 5.65 Å². The molecular formula is C41H47BrF3N9O. The first-order valence-corrected chi connectivity index (χ1v) is 20.0. The smallest absolute Gasteiger partial charge is 0.165 e. The molecule has 0 unspecified atom stereocenters. The van der Waals surface area contributed by atoms with Crippen LogP contribution < -0.4 is 15.8 Å². The number of nitrogens with zero attached hydrogens (tertiary/aromatic N) is 6. The number of para-hydroxylation sites is 1. The van der Waals surface area contributed by atoms with Crippen molar-refractivity contribution in [3.05, 3.63) is 93.6 Å². The Bertz CT molecular complexity index is 2300. The lowest BCUT2D eigenvalue weighted by atomic mass is 9.87. The van der Waals surface area contributed by atoms with Crippen molar-refractivity contribution in [2.45, 2.75) is 89.5 Å². The number of aromatic amines is 1. The molecule has 0 saturated carbocycles. The number of unbranched alkanes of at least 4 members (excludes halogenated alkanes) is 2. The van der Waals surface area contributed by atoms with Crippen molar-refractivity contribution in [1.29, 1.82) is 0 Å². The number of rotatable bonds is 12. The summed E-state index contributed by atoms with van der Waals surface area (Å²) in [5, 5.41) is 13.6. The van der Waals surface area contributed by atoms with Crippen LogP contribution in [0.1, 0.15) is 87.3 Å². The van der Waals surface area contributed by atoms with Gasteiger partial charge in [-0.25, -0.2) is 18.2 Å². The molecule has 6 heterocycles. The van der Waals surface area contributed by atoms with Crippen LogP contribution in [0.3, 0.4) is 0 Å². The molecule has 0 bridgehead atoms. The molecule has 14 heteroatoms. The Morgan fingerprint density at radius 2 is 1.87 bits per heavy atom. The second-order valence-electron chi connectivity index (χ2n) is 15.6. The molecule has 1 fully saturated rings. The van der Waals surface area contributed by atoms with Gasteiger partial charge in [-0.1, -0.05) is 18.2 Å². The number of hydrogen-bond acceptors (Lipinski definition) is 7. The average Bonchev–Trinajstić information content (AvgIpc) is 3.89. The van der Waals surface area contributed by atoms with E-state index in [1.807, 2.05) is 53.2 Å². The normalized spacial score (nSPS) is 19.4. The van der Waals surface area contributed by atoms with E-state index in [1.54, 1.807) is 10.7 Å². The number of alkyl halides is 1. The number of nitrogens with one attached hydrogen (secondary N) is 2. The Morgan fingerprint density at radius 3 is 2.64 bits per heavy atom. The number of aromatic nitrogens is 6. The van der Waals surface area contributed by atoms with E-state index in [0.717, 1.165) is 76.5 Å². The predicted octanol–water partition coefficient (Wildman–Crippen LogP) is 8.50. The topological polar surface area (TPSA) is 114 Å². The molecule has 2 aliphatic rings. The van der Waals surface area contributed by atoms with Gasteiger partial charge in [0.05, 0.1) is 35.2 Å². The Balaban J connectivity index is 0.903. The van der Waals surface area contributed by atoms with E-state index in [2.05, 4.69) is 36.4 Å². The molecule has 10 nitrogen and oxygen atoms in total. The SMILES string of the molecule is C[C@@H]1Cc2c([nH]c3ccccc23)[C@@H](c2c(F)cc(OCCCCCn3cc(-c4cnn5c(N)c(Br)c([C@@H]6CCCNC6)nc45)cn3)cc2F)N1CC(C)(C)F. The maximum Gasteiger partial charge on any atom is 0.165 e. The summed E-state index contributed by atoms with van der Waals surface area (Å²) in [5.74, 6) is -0.497. The minimum Gasteiger partial charge on any atom is -0.493 e. The van der Waals surface area contributed by atoms with E-state index in [9.17, 15) is 0 Å². The van der Waals surface area contributed by atoms with Gasteiger partial charge in [-0.05, 0) is 93.4 Å². The van der Waals surface area contributed by atoms with Gasteiger partial charge >= 0.3 is 0 Å². The molecule has 0 amide bonds. The number of anilines is 1. The molecule has 290 valence electrons. The van der Waals surface area contributed by atoms with Gasteiger partial charge in [-0.3, -0.25) is 9.58 Å². The van der Waals surface area contributed by atoms with E-state index in [0.29, 0.717) is 43.2 Å². The molecule has 2 aliphatic heterocycles. The van der Waals surface area contributed by atoms with Crippen molar-refractivity contribution >= 4 is 38.3 Å². The zero-order valence-corrected chi connectivity index (χ0v) is 33.0. The highest BCUT2D eigenvalue weighted by atomic mass is 79.9. The highest BCUT2D eigenvalue weighted by Gasteiger charge is 2.41. The highest BCUT2D eigenvalue weighted by molar-refractivity contribution is 9.10. The van der Waals surface area contributed by atoms with E-state index >= 15 is 13.2 Å². The van der Waals surface area contributed by atoms with Crippen molar-refractivity contribution in [2.75, 3.05) is 32.0 Å². The first-order chi connectivity index (χ1) is 26.5. The Kier molecular flexibility index (Phi) is 10.4. The highest BCUT2D eigenvalue weighted by Crippen LogP contribution is 2.44. The number of hydrogen-bond donors (Lipinski definition) is 3. The molecule has 0 spiro atoms. The first-order valence-electron chi connectivity index (χ1n) is 19.2. The van der Waals surface area contributed by atoms with Gasteiger partial charge in [0.2, 0.25) is 0 Å². The fourth-order valence-corrected chi connectivity index (χ4v) is 8.92. The first kappa shape index (κ1) is 37.5. The summed E-state index contributed by atoms with van der Waals surface area (Å²) in [6.45, 7) is 7.88. The van der Waals surface area contributed by atoms with Crippen LogP contribution in [0, 0.1) is 11.6 Å². The minimum absolute atomic E-state index is 0.0229. The Labute approximate surface area is 326 Å². The standard InChI is InChI=1S/C41H47BrF3N9O/c1-24-16-29-28-11-5-6-12-33(28)50-37(29)38(53(24)23-41(2,3)45)34-31(43)17-27(18-32(34)44)55-15-8-4-7-14-52-22-26(20-48-52)30-21-49-54-39(46)35(42)36(51-40(30)54)25-10-9-13-47-19-25/h5-6,11-12,17-18,20-22,24-25,38,47,50H,4,7-10,13-16,19,23,46H2,1-3H3/t24-,25-,38-/m1/s1. The molecule has 55 heavy (non-hydrogen) atoms. The van der Waals surface area contributed by atoms with Gasteiger partial charge in [0.1, 0.15) is 28.9 Å². The predicted molar refractivity (Wildman–Crippen MR) is 212 cm³/mol. The van der Waals surface area contributed by atoms with Crippen molar-refractivity contribution in [2.24, 2.45) is 0 Å². The zero-order chi connectivity index (χ0) is 38.4. The van der Waals surface area contributed by atoms with Crippen LogP contribution >= 0.6 is 15.9 Å². The van der Waals surface area contributed by atoms with Crippen molar-refractivity contribution in [3.63, 3.8) is 0 Å². The number of H-pyrrole nitrogens is 1. The molecule has 6 aromatic rings. The molecule has 2 aromatic carbocycles. The number of piperidine rings is 1. The van der Waals surface area contributed by atoms with E-state index in [-0.39, 0.29) is 29.8 Å². The third-order valence-corrected chi connectivity index (χ3v) is 11.8. The molecule has 3 atom stereocenters. The summed E-state index contributed by atoms with van der Waals surface area (Å²) < 4.78 is 57.4. The van der Waals surface area contributed by atoms with Crippen LogP contribution in [0.2, 0.25) is 0 Å². The van der Waals surface area contributed by atoms with Crippen molar-refractivity contribution < 1.29 is 17.9 Å². The third kappa shape index (κ3) is 7.48. The second kappa shape index (κ2) is 15.3. The molecule has 1 saturated heterocycles. The van der Waals surface area contributed by atoms with Gasteiger partial charge in [0.25, 0.3) is 0 Å². The van der Waals surface area contributed by atoms with Gasteiger partial charge in [-0.15, -0.1) is 0 Å². The van der Waals surface area contributed by atoms with Gasteiger partial charge in [0, 0.05) is 83.2 Å². The van der Waals surface area contributed by atoms with Crippen LogP contribution in [-0.2, 0) is 13.0 Å². The maximum atomic E-state index is 16.0. The van der Waals surface area contributed by atoms with Crippen molar-refractivity contribution in [3.8, 4) is 16.9 Å². The molecule has 8 rings (SSSR count). The molecule has 4 aromatic heterocycles. The van der Waals surface area contributed by atoms with Crippen LogP contribution in [0.25, 0.3) is 27.7 Å². The third-order valence-electron chi connectivity index (χ3n) is 11.0. The van der Waals surface area contributed by atoms with Gasteiger partial charge < -0.3 is 20.8 Å². The summed E-state index contributed by atoms with van der Waals surface area (Å²) in [6.07, 6.45) is 10.7. The lowest BCUT2D eigenvalue weighted by Gasteiger charge is -2.43. The minimum atomic E-state index is -1.57. The quantitative estimate of drug-likeness (QED) is 0.106. The van der Waals surface area contributed by atoms with Crippen molar-refractivity contribution in [1.82, 2.24) is 39.6 Å². The molecular weight excluding hydrogens is 771 g/mol. The van der Waals surface area contributed by atoms with E-state index in [4.69, 9.17) is 15.5 Å².